The van der Waals surface area contributed by atoms with Crippen LogP contribution in [0.4, 0.5) is 0 Å². The van der Waals surface area contributed by atoms with Gasteiger partial charge in [0.05, 0.1) is 6.54 Å². The van der Waals surface area contributed by atoms with Crippen molar-refractivity contribution in [3.63, 3.8) is 0 Å². The van der Waals surface area contributed by atoms with Crippen LogP contribution >= 0.6 is 0 Å². The average Bonchev–Trinajstić information content (AvgIpc) is 2.61. The minimum atomic E-state index is -1.38. The lowest BCUT2D eigenvalue weighted by Gasteiger charge is -2.15. The third kappa shape index (κ3) is 20.2. The zero-order chi connectivity index (χ0) is 19.3. The number of hydrogen-bond donors (Lipinski definition) is 2. The van der Waals surface area contributed by atoms with Crippen molar-refractivity contribution in [2.24, 2.45) is 0 Å². The van der Waals surface area contributed by atoms with Gasteiger partial charge in [-0.15, -0.1) is 0 Å². The number of rotatable bonds is 21. The molecule has 0 rings (SSSR count). The standard InChI is InChI=1S/C20H44BNO4/c1-3-5-6-7-8-9-10-11-12-13-14-15-16-17-18-19-20-22(24)26-21(23)25-4-2/h23-24H,3-20H2,1-2H3. The lowest BCUT2D eigenvalue weighted by Crippen LogP contribution is -2.33. The van der Waals surface area contributed by atoms with E-state index in [1.165, 1.54) is 89.9 Å². The Morgan fingerprint density at radius 2 is 1.04 bits per heavy atom. The monoisotopic (exact) mass is 373 g/mol. The predicted molar refractivity (Wildman–Crippen MR) is 109 cm³/mol. The van der Waals surface area contributed by atoms with Crippen LogP contribution in [0.3, 0.4) is 0 Å². The predicted octanol–water partition coefficient (Wildman–Crippen LogP) is 5.88. The number of hydrogen-bond acceptors (Lipinski definition) is 5. The van der Waals surface area contributed by atoms with Crippen molar-refractivity contribution in [2.75, 3.05) is 13.2 Å². The Hall–Kier alpha value is -0.135. The SMILES string of the molecule is CCCCCCCCCCCCCCCCCCN(O)OB(O)OCC. The van der Waals surface area contributed by atoms with E-state index in [0.717, 1.165) is 12.8 Å². The zero-order valence-corrected chi connectivity index (χ0v) is 17.5. The largest absolute Gasteiger partial charge is 0.656 e. The molecule has 0 heterocycles. The van der Waals surface area contributed by atoms with E-state index < -0.39 is 7.32 Å². The lowest BCUT2D eigenvalue weighted by atomic mass is 10.0. The van der Waals surface area contributed by atoms with Crippen LogP contribution in [0.25, 0.3) is 0 Å². The van der Waals surface area contributed by atoms with Crippen molar-refractivity contribution in [3.05, 3.63) is 0 Å². The Balaban J connectivity index is 3.13. The second kappa shape index (κ2) is 21.2. The van der Waals surface area contributed by atoms with Gasteiger partial charge in [-0.2, -0.15) is 0 Å². The molecule has 0 spiro atoms. The summed E-state index contributed by atoms with van der Waals surface area (Å²) in [5, 5.41) is 19.3. The second-order valence-electron chi connectivity index (χ2n) is 7.25. The average molecular weight is 373 g/mol. The van der Waals surface area contributed by atoms with Crippen molar-refractivity contribution in [2.45, 2.75) is 117 Å². The van der Waals surface area contributed by atoms with E-state index in [-0.39, 0.29) is 0 Å². The zero-order valence-electron chi connectivity index (χ0n) is 17.5. The molecule has 0 fully saturated rings. The molecule has 0 aromatic heterocycles. The maximum absolute atomic E-state index is 9.43. The van der Waals surface area contributed by atoms with Crippen molar-refractivity contribution < 1.29 is 19.6 Å². The first-order valence-electron chi connectivity index (χ1n) is 11.1. The molecule has 0 amide bonds. The third-order valence-corrected chi connectivity index (χ3v) is 4.72. The van der Waals surface area contributed by atoms with Gasteiger partial charge in [0, 0.05) is 6.61 Å². The molecular weight excluding hydrogens is 329 g/mol. The summed E-state index contributed by atoms with van der Waals surface area (Å²) in [4.78, 5) is 0. The summed E-state index contributed by atoms with van der Waals surface area (Å²) in [7, 11) is -1.38. The van der Waals surface area contributed by atoms with Crippen LogP contribution < -0.4 is 0 Å². The van der Waals surface area contributed by atoms with Crippen LogP contribution in [0.2, 0.25) is 0 Å². The Morgan fingerprint density at radius 1 is 0.654 bits per heavy atom. The van der Waals surface area contributed by atoms with E-state index in [1.807, 2.05) is 0 Å². The first-order valence-corrected chi connectivity index (χ1v) is 11.1. The molecular formula is C20H44BNO4. The first-order chi connectivity index (χ1) is 12.7. The van der Waals surface area contributed by atoms with Gasteiger partial charge >= 0.3 is 7.32 Å². The minimum absolute atomic E-state index is 0.341. The summed E-state index contributed by atoms with van der Waals surface area (Å²) in [6.45, 7) is 4.76. The molecule has 2 N–H and O–H groups in total. The van der Waals surface area contributed by atoms with Crippen molar-refractivity contribution in [1.82, 2.24) is 5.23 Å². The summed E-state index contributed by atoms with van der Waals surface area (Å²) >= 11 is 0. The van der Waals surface area contributed by atoms with Gasteiger partial charge in [-0.1, -0.05) is 108 Å². The highest BCUT2D eigenvalue weighted by Crippen LogP contribution is 2.13. The number of unbranched alkanes of at least 4 members (excludes halogenated alkanes) is 15. The van der Waals surface area contributed by atoms with Gasteiger partial charge in [-0.05, 0) is 13.3 Å². The quantitative estimate of drug-likeness (QED) is 0.149. The Labute approximate surface area is 162 Å². The highest BCUT2D eigenvalue weighted by atomic mass is 16.9. The topological polar surface area (TPSA) is 62.2 Å². The van der Waals surface area contributed by atoms with E-state index in [0.29, 0.717) is 18.4 Å². The fourth-order valence-electron chi connectivity index (χ4n) is 3.12. The molecule has 0 saturated heterocycles. The van der Waals surface area contributed by atoms with E-state index in [4.69, 9.17) is 9.41 Å². The molecule has 0 aliphatic rings. The maximum atomic E-state index is 9.43. The van der Waals surface area contributed by atoms with E-state index in [2.05, 4.69) is 6.92 Å². The molecule has 5 nitrogen and oxygen atoms in total. The van der Waals surface area contributed by atoms with Crippen LogP contribution in [0, 0.1) is 0 Å². The minimum Gasteiger partial charge on any atom is -0.401 e. The third-order valence-electron chi connectivity index (χ3n) is 4.72. The van der Waals surface area contributed by atoms with Gasteiger partial charge in [-0.3, -0.25) is 9.96 Å². The normalized spacial score (nSPS) is 11.4. The van der Waals surface area contributed by atoms with Gasteiger partial charge in [-0.25, -0.2) is 0 Å². The van der Waals surface area contributed by atoms with Crippen molar-refractivity contribution in [3.8, 4) is 0 Å². The van der Waals surface area contributed by atoms with E-state index in [9.17, 15) is 10.2 Å². The molecule has 0 aliphatic heterocycles. The number of hydroxylamine groups is 2. The highest BCUT2D eigenvalue weighted by molar-refractivity contribution is 6.34. The molecule has 26 heavy (non-hydrogen) atoms. The Bertz CT molecular complexity index is 272. The summed E-state index contributed by atoms with van der Waals surface area (Å²) < 4.78 is 9.51. The molecule has 0 bridgehead atoms. The Kier molecular flexibility index (Phi) is 21.1. The van der Waals surface area contributed by atoms with E-state index >= 15 is 0 Å². The summed E-state index contributed by atoms with van der Waals surface area (Å²) in [5.74, 6) is 0. The first kappa shape index (κ1) is 25.9. The number of nitrogens with zero attached hydrogens (tertiary/aromatic N) is 1. The van der Waals surface area contributed by atoms with Crippen LogP contribution in [-0.4, -0.2) is 35.9 Å². The molecule has 0 aromatic carbocycles. The molecule has 0 aliphatic carbocycles. The van der Waals surface area contributed by atoms with Gasteiger partial charge in [0.2, 0.25) is 0 Å². The molecule has 0 aromatic rings. The molecule has 0 saturated carbocycles. The molecule has 0 radical (unpaired) electrons. The summed E-state index contributed by atoms with van der Waals surface area (Å²) in [6.07, 6.45) is 21.1. The summed E-state index contributed by atoms with van der Waals surface area (Å²) in [6, 6.07) is 0. The molecule has 0 unspecified atom stereocenters. The van der Waals surface area contributed by atoms with Crippen LogP contribution in [0.15, 0.2) is 0 Å². The van der Waals surface area contributed by atoms with Crippen molar-refractivity contribution >= 4 is 7.32 Å². The highest BCUT2D eigenvalue weighted by Gasteiger charge is 2.18. The Morgan fingerprint density at radius 3 is 1.42 bits per heavy atom. The lowest BCUT2D eigenvalue weighted by molar-refractivity contribution is -0.300. The molecule has 6 heteroatoms. The molecule has 156 valence electrons. The fourth-order valence-corrected chi connectivity index (χ4v) is 3.12. The fraction of sp³-hybridized carbons (Fsp3) is 1.00. The van der Waals surface area contributed by atoms with Gasteiger partial charge in [0.25, 0.3) is 0 Å². The van der Waals surface area contributed by atoms with E-state index in [1.54, 1.807) is 6.92 Å². The van der Waals surface area contributed by atoms with Crippen LogP contribution in [0.5, 0.6) is 0 Å². The van der Waals surface area contributed by atoms with Crippen LogP contribution in [0.1, 0.15) is 117 Å². The van der Waals surface area contributed by atoms with Crippen LogP contribution in [-0.2, 0) is 9.41 Å². The van der Waals surface area contributed by atoms with Gasteiger partial charge < -0.3 is 9.68 Å². The van der Waals surface area contributed by atoms with Gasteiger partial charge in [0.15, 0.2) is 0 Å². The van der Waals surface area contributed by atoms with Crippen molar-refractivity contribution in [1.29, 1.82) is 0 Å². The smallest absolute Gasteiger partial charge is 0.401 e. The van der Waals surface area contributed by atoms with Gasteiger partial charge in [0.1, 0.15) is 0 Å². The molecule has 0 atom stereocenters. The maximum Gasteiger partial charge on any atom is 0.656 e. The second-order valence-corrected chi connectivity index (χ2v) is 7.25. The summed E-state index contributed by atoms with van der Waals surface area (Å²) in [5.41, 5.74) is 0.